The van der Waals surface area contributed by atoms with Gasteiger partial charge in [0.25, 0.3) is 0 Å². The van der Waals surface area contributed by atoms with E-state index in [4.69, 9.17) is 26.1 Å². The molecule has 0 spiro atoms. The van der Waals surface area contributed by atoms with Gasteiger partial charge in [-0.05, 0) is 57.3 Å². The fourth-order valence-electron chi connectivity index (χ4n) is 5.99. The van der Waals surface area contributed by atoms with Crippen LogP contribution in [-0.2, 0) is 16.2 Å². The van der Waals surface area contributed by atoms with Gasteiger partial charge in [0.1, 0.15) is 6.73 Å². The number of amides is 1. The summed E-state index contributed by atoms with van der Waals surface area (Å²) in [5, 5.41) is 3.55. The molecule has 1 saturated heterocycles. The number of nitrogens with one attached hydrogen (secondary N) is 1. The van der Waals surface area contributed by atoms with Crippen LogP contribution in [0.15, 0.2) is 12.1 Å². The standard InChI is InChI=1S/C30H48ClN5O4Si/c1-8-34-13-14-35(21(2)19-34)25-18-24-26(17-23(25)31)36(20-40-15-16-41(5,6)7)28(33-24)27(37)30(3)11-9-22(10-12-30)32-29(38)39-4/h17-18,21-22H,8-16,19-20H2,1-7H3,(H,32,38). The molecular weight excluding hydrogens is 558 g/mol. The van der Waals surface area contributed by atoms with Gasteiger partial charge in [-0.1, -0.05) is 45.1 Å². The number of carbonyl (C=O) groups is 2. The molecule has 2 heterocycles. The van der Waals surface area contributed by atoms with Crippen molar-refractivity contribution in [3.8, 4) is 0 Å². The van der Waals surface area contributed by atoms with Crippen molar-refractivity contribution in [2.24, 2.45) is 5.41 Å². The summed E-state index contributed by atoms with van der Waals surface area (Å²) < 4.78 is 12.8. The van der Waals surface area contributed by atoms with Gasteiger partial charge in [-0.2, -0.15) is 0 Å². The maximum atomic E-state index is 14.2. The van der Waals surface area contributed by atoms with E-state index >= 15 is 0 Å². The normalized spacial score (nSPS) is 24.0. The van der Waals surface area contributed by atoms with Crippen LogP contribution in [0.25, 0.3) is 11.0 Å². The number of imidazole rings is 1. The fraction of sp³-hybridized carbons (Fsp3) is 0.700. The molecule has 2 aliphatic rings. The van der Waals surface area contributed by atoms with Crippen molar-refractivity contribution in [1.82, 2.24) is 19.8 Å². The van der Waals surface area contributed by atoms with Gasteiger partial charge >= 0.3 is 6.09 Å². The zero-order valence-electron chi connectivity index (χ0n) is 25.9. The molecule has 1 aromatic carbocycles. The Morgan fingerprint density at radius 3 is 2.51 bits per heavy atom. The van der Waals surface area contributed by atoms with Gasteiger partial charge in [0.15, 0.2) is 5.82 Å². The second-order valence-electron chi connectivity index (χ2n) is 13.2. The molecular formula is C30H48ClN5O4Si. The first-order valence-electron chi connectivity index (χ1n) is 15.0. The van der Waals surface area contributed by atoms with E-state index in [2.05, 4.69) is 48.6 Å². The molecule has 1 atom stereocenters. The van der Waals surface area contributed by atoms with Crippen molar-refractivity contribution in [2.75, 3.05) is 44.8 Å². The molecule has 1 amide bonds. The van der Waals surface area contributed by atoms with E-state index in [-0.39, 0.29) is 18.6 Å². The zero-order chi connectivity index (χ0) is 29.9. The van der Waals surface area contributed by atoms with E-state index in [0.717, 1.165) is 48.9 Å². The average Bonchev–Trinajstić information content (AvgIpc) is 3.27. The van der Waals surface area contributed by atoms with Crippen LogP contribution >= 0.6 is 11.6 Å². The number of methoxy groups -OCH3 is 1. The number of ketones is 1. The summed E-state index contributed by atoms with van der Waals surface area (Å²) in [6.07, 6.45) is 2.31. The summed E-state index contributed by atoms with van der Waals surface area (Å²) in [7, 11) is 0.102. The Bertz CT molecular complexity index is 1240. The largest absolute Gasteiger partial charge is 0.453 e. The van der Waals surface area contributed by atoms with Crippen molar-refractivity contribution in [3.05, 3.63) is 23.0 Å². The third-order valence-electron chi connectivity index (χ3n) is 8.85. The Hall–Kier alpha value is -2.14. The number of likely N-dealkylation sites (N-methyl/N-ethyl adjacent to an activating group) is 1. The molecule has 1 saturated carbocycles. The summed E-state index contributed by atoms with van der Waals surface area (Å²) in [4.78, 5) is 35.7. The lowest BCUT2D eigenvalue weighted by Crippen LogP contribution is -2.51. The highest BCUT2D eigenvalue weighted by Gasteiger charge is 2.41. The van der Waals surface area contributed by atoms with Gasteiger partial charge in [0.2, 0.25) is 5.78 Å². The van der Waals surface area contributed by atoms with Gasteiger partial charge in [-0.3, -0.25) is 14.3 Å². The number of hydrogen-bond donors (Lipinski definition) is 1. The maximum absolute atomic E-state index is 14.2. The zero-order valence-corrected chi connectivity index (χ0v) is 27.6. The van der Waals surface area contributed by atoms with E-state index in [1.807, 2.05) is 23.6 Å². The van der Waals surface area contributed by atoms with Crippen molar-refractivity contribution in [1.29, 1.82) is 0 Å². The van der Waals surface area contributed by atoms with E-state index in [0.29, 0.717) is 49.2 Å². The van der Waals surface area contributed by atoms with Crippen LogP contribution in [0, 0.1) is 5.41 Å². The lowest BCUT2D eigenvalue weighted by Gasteiger charge is -2.41. The van der Waals surface area contributed by atoms with Crippen molar-refractivity contribution < 1.29 is 19.1 Å². The van der Waals surface area contributed by atoms with Gasteiger partial charge in [-0.25, -0.2) is 9.78 Å². The molecule has 1 aromatic heterocycles. The lowest BCUT2D eigenvalue weighted by atomic mass is 9.71. The van der Waals surface area contributed by atoms with Gasteiger partial charge in [0.05, 0.1) is 28.9 Å². The Balaban J connectivity index is 1.64. The predicted octanol–water partition coefficient (Wildman–Crippen LogP) is 6.02. The number of ether oxygens (including phenoxy) is 2. The monoisotopic (exact) mass is 605 g/mol. The maximum Gasteiger partial charge on any atom is 0.407 e. The first-order valence-corrected chi connectivity index (χ1v) is 19.1. The smallest absolute Gasteiger partial charge is 0.407 e. The minimum Gasteiger partial charge on any atom is -0.453 e. The highest BCUT2D eigenvalue weighted by Crippen LogP contribution is 2.40. The summed E-state index contributed by atoms with van der Waals surface area (Å²) in [5.74, 6) is 0.438. The van der Waals surface area contributed by atoms with Crippen molar-refractivity contribution in [3.63, 3.8) is 0 Å². The van der Waals surface area contributed by atoms with E-state index in [1.54, 1.807) is 0 Å². The molecule has 0 bridgehead atoms. The molecule has 228 valence electrons. The Kier molecular flexibility index (Phi) is 10.1. The third-order valence-corrected chi connectivity index (χ3v) is 10.9. The average molecular weight is 606 g/mol. The molecule has 4 rings (SSSR count). The molecule has 9 nitrogen and oxygen atoms in total. The molecule has 1 N–H and O–H groups in total. The first-order chi connectivity index (χ1) is 19.3. The molecule has 1 aliphatic carbocycles. The number of carbonyl (C=O) groups excluding carboxylic acids is 2. The highest BCUT2D eigenvalue weighted by molar-refractivity contribution is 6.76. The summed E-state index contributed by atoms with van der Waals surface area (Å²) in [6.45, 7) is 18.2. The number of fused-ring (bicyclic) bond motifs is 1. The first kappa shape index (κ1) is 31.8. The van der Waals surface area contributed by atoms with Gasteiger partial charge < -0.3 is 19.7 Å². The molecule has 0 radical (unpaired) electrons. The summed E-state index contributed by atoms with van der Waals surface area (Å²) in [5.41, 5.74) is 1.96. The number of rotatable bonds is 10. The molecule has 11 heteroatoms. The van der Waals surface area contributed by atoms with E-state index < -0.39 is 19.6 Å². The number of piperazine rings is 1. The van der Waals surface area contributed by atoms with Crippen LogP contribution < -0.4 is 10.2 Å². The lowest BCUT2D eigenvalue weighted by molar-refractivity contribution is 0.0651. The van der Waals surface area contributed by atoms with Crippen molar-refractivity contribution >= 4 is 48.3 Å². The highest BCUT2D eigenvalue weighted by atomic mass is 35.5. The van der Waals surface area contributed by atoms with Crippen molar-refractivity contribution in [2.45, 2.75) is 91.0 Å². The number of benzene rings is 1. The van der Waals surface area contributed by atoms with E-state index in [9.17, 15) is 9.59 Å². The fourth-order valence-corrected chi connectivity index (χ4v) is 7.02. The van der Waals surface area contributed by atoms with Crippen LogP contribution in [0.2, 0.25) is 30.7 Å². The number of halogens is 1. The number of hydrogen-bond acceptors (Lipinski definition) is 7. The van der Waals surface area contributed by atoms with E-state index in [1.165, 1.54) is 7.11 Å². The van der Waals surface area contributed by atoms with Crippen LogP contribution in [-0.4, -0.2) is 86.4 Å². The molecule has 1 unspecified atom stereocenters. The second-order valence-corrected chi connectivity index (χ2v) is 19.3. The SMILES string of the molecule is CCN1CCN(c2cc3nc(C(=O)C4(C)CCC(NC(=O)OC)CC4)n(COCC[Si](C)(C)C)c3cc2Cl)C(C)C1. The van der Waals surface area contributed by atoms with Crippen LogP contribution in [0.1, 0.15) is 57.1 Å². The quantitative estimate of drug-likeness (QED) is 0.201. The minimum atomic E-state index is -1.26. The predicted molar refractivity (Wildman–Crippen MR) is 168 cm³/mol. The Morgan fingerprint density at radius 1 is 1.20 bits per heavy atom. The number of Topliss-reactive ketones (excluding diaryl/α,β-unsaturated/α-hetero) is 1. The minimum absolute atomic E-state index is 0.00331. The number of aromatic nitrogens is 2. The third kappa shape index (κ3) is 7.44. The Morgan fingerprint density at radius 2 is 1.90 bits per heavy atom. The molecule has 41 heavy (non-hydrogen) atoms. The summed E-state index contributed by atoms with van der Waals surface area (Å²) >= 11 is 6.94. The second kappa shape index (κ2) is 13.0. The van der Waals surface area contributed by atoms with Crippen LogP contribution in [0.4, 0.5) is 10.5 Å². The number of alkyl carbamates (subject to hydrolysis) is 1. The molecule has 2 aromatic rings. The number of anilines is 1. The Labute approximate surface area is 250 Å². The summed E-state index contributed by atoms with van der Waals surface area (Å²) in [6, 6.07) is 5.37. The topological polar surface area (TPSA) is 88.9 Å². The van der Waals surface area contributed by atoms with Gasteiger partial charge in [-0.15, -0.1) is 0 Å². The molecule has 2 fully saturated rings. The van der Waals surface area contributed by atoms with Gasteiger partial charge in [0, 0.05) is 51.8 Å². The number of nitrogens with zero attached hydrogens (tertiary/aromatic N) is 4. The van der Waals surface area contributed by atoms with Crippen LogP contribution in [0.3, 0.4) is 0 Å². The van der Waals surface area contributed by atoms with Crippen LogP contribution in [0.5, 0.6) is 0 Å². The molecule has 1 aliphatic heterocycles.